The van der Waals surface area contributed by atoms with E-state index in [1.807, 2.05) is 60.7 Å². The minimum atomic E-state index is -3.22. The van der Waals surface area contributed by atoms with Crippen LogP contribution in [0.3, 0.4) is 0 Å². The molecule has 4 aromatic rings. The number of ether oxygens (including phenoxy) is 5. The number of halogens is 1. The minimum Gasteiger partial charge on any atom is -0.462 e. The molecule has 1 aliphatic rings. The van der Waals surface area contributed by atoms with Crippen LogP contribution in [0.2, 0.25) is 5.04 Å². The number of terminal acetylenes is 1. The van der Waals surface area contributed by atoms with Gasteiger partial charge in [0.1, 0.15) is 19.4 Å². The number of aromatic nitrogens is 4. The van der Waals surface area contributed by atoms with E-state index in [1.54, 1.807) is 0 Å². The summed E-state index contributed by atoms with van der Waals surface area (Å²) in [7, 11) is -3.22. The first-order valence-corrected chi connectivity index (χ1v) is 18.3. The van der Waals surface area contributed by atoms with Gasteiger partial charge in [-0.2, -0.15) is 14.4 Å². The summed E-state index contributed by atoms with van der Waals surface area (Å²) in [4.78, 5) is 48.1. The zero-order chi connectivity index (χ0) is 37.7. The third-order valence-electron chi connectivity index (χ3n) is 8.62. The lowest BCUT2D eigenvalue weighted by molar-refractivity contribution is -0.152. The zero-order valence-electron chi connectivity index (χ0n) is 29.4. The molecule has 16 heteroatoms. The molecule has 1 aliphatic heterocycles. The molecule has 0 amide bonds. The van der Waals surface area contributed by atoms with E-state index in [1.165, 1.54) is 24.7 Å². The van der Waals surface area contributed by atoms with Gasteiger partial charge in [0, 0.05) is 20.3 Å². The molecule has 5 rings (SSSR count). The van der Waals surface area contributed by atoms with Crippen LogP contribution in [-0.2, 0) is 37.7 Å². The van der Waals surface area contributed by atoms with Gasteiger partial charge in [0.05, 0.1) is 12.9 Å². The van der Waals surface area contributed by atoms with Crippen molar-refractivity contribution in [3.05, 3.63) is 73.1 Å². The molecular formula is C36H40FN5O9Si. The number of rotatable bonds is 12. The Labute approximate surface area is 300 Å². The van der Waals surface area contributed by atoms with Crippen LogP contribution in [0, 0.1) is 18.4 Å². The summed E-state index contributed by atoms with van der Waals surface area (Å²) in [5.41, 5.74) is 4.33. The summed E-state index contributed by atoms with van der Waals surface area (Å²) in [5, 5.41) is 1.48. The molecule has 52 heavy (non-hydrogen) atoms. The second-order valence-electron chi connectivity index (χ2n) is 13.2. The highest BCUT2D eigenvalue weighted by atomic mass is 28.4. The van der Waals surface area contributed by atoms with Crippen molar-refractivity contribution < 1.29 is 46.9 Å². The van der Waals surface area contributed by atoms with Crippen molar-refractivity contribution in [3.63, 3.8) is 0 Å². The second-order valence-corrected chi connectivity index (χ2v) is 17.5. The quantitative estimate of drug-likeness (QED) is 0.0738. The van der Waals surface area contributed by atoms with Gasteiger partial charge in [-0.3, -0.25) is 14.2 Å². The predicted octanol–water partition coefficient (Wildman–Crippen LogP) is 3.43. The Morgan fingerprint density at radius 2 is 1.62 bits per heavy atom. The highest BCUT2D eigenvalue weighted by Gasteiger charge is 2.56. The van der Waals surface area contributed by atoms with Gasteiger partial charge in [0.15, 0.2) is 34.8 Å². The number of carbonyl (C=O) groups is 3. The zero-order valence-corrected chi connectivity index (χ0v) is 30.4. The van der Waals surface area contributed by atoms with Crippen LogP contribution in [0.15, 0.2) is 67.0 Å². The van der Waals surface area contributed by atoms with E-state index in [0.29, 0.717) is 0 Å². The molecule has 0 bridgehead atoms. The molecule has 3 heterocycles. The Balaban J connectivity index is 1.54. The van der Waals surface area contributed by atoms with Crippen molar-refractivity contribution in [1.29, 1.82) is 0 Å². The van der Waals surface area contributed by atoms with E-state index >= 15 is 0 Å². The van der Waals surface area contributed by atoms with Crippen molar-refractivity contribution in [3.8, 4) is 12.3 Å². The van der Waals surface area contributed by atoms with E-state index in [2.05, 4.69) is 41.6 Å². The number of carbonyl (C=O) groups excluding carboxylic acids is 3. The molecule has 0 aliphatic carbocycles. The van der Waals surface area contributed by atoms with Crippen LogP contribution in [0.25, 0.3) is 11.2 Å². The van der Waals surface area contributed by atoms with Crippen molar-refractivity contribution in [2.24, 2.45) is 0 Å². The smallest absolute Gasteiger partial charge is 0.462 e. The molecule has 1 fully saturated rings. The lowest BCUT2D eigenvalue weighted by Crippen LogP contribution is -2.68. The number of fused-ring (bicyclic) bond motifs is 1. The maximum Gasteiger partial charge on any atom is 0.509 e. The summed E-state index contributed by atoms with van der Waals surface area (Å²) in [5.74, 6) is 1.23. The fourth-order valence-corrected chi connectivity index (χ4v) is 10.9. The van der Waals surface area contributed by atoms with Gasteiger partial charge in [-0.05, 0) is 15.4 Å². The summed E-state index contributed by atoms with van der Waals surface area (Å²) in [6.07, 6.45) is 1.81. The molecule has 0 spiro atoms. The number of nitrogen functional groups attached to an aromatic ring is 1. The van der Waals surface area contributed by atoms with E-state index < -0.39 is 74.8 Å². The van der Waals surface area contributed by atoms with Crippen LogP contribution in [-0.4, -0.2) is 83.6 Å². The topological polar surface area (TPSA) is 176 Å². The van der Waals surface area contributed by atoms with Gasteiger partial charge in [-0.15, -0.1) is 6.42 Å². The number of esters is 2. The molecule has 0 unspecified atom stereocenters. The van der Waals surface area contributed by atoms with Crippen LogP contribution in [0.4, 0.5) is 15.0 Å². The molecule has 2 N–H and O–H groups in total. The Kier molecular flexibility index (Phi) is 11.3. The van der Waals surface area contributed by atoms with E-state index in [0.717, 1.165) is 10.4 Å². The third-order valence-corrected chi connectivity index (χ3v) is 13.6. The van der Waals surface area contributed by atoms with Gasteiger partial charge in [0.25, 0.3) is 8.32 Å². The summed E-state index contributed by atoms with van der Waals surface area (Å²) in [6, 6.07) is 19.7. The number of anilines is 1. The normalized spacial score (nSPS) is 18.9. The lowest BCUT2D eigenvalue weighted by Gasteiger charge is -2.44. The highest BCUT2D eigenvalue weighted by Crippen LogP contribution is 2.43. The lowest BCUT2D eigenvalue weighted by atomic mass is 9.99. The monoisotopic (exact) mass is 733 g/mol. The average Bonchev–Trinajstić information content (AvgIpc) is 3.68. The van der Waals surface area contributed by atoms with Gasteiger partial charge in [0.2, 0.25) is 0 Å². The first-order valence-electron chi connectivity index (χ1n) is 16.4. The first kappa shape index (κ1) is 37.9. The van der Waals surface area contributed by atoms with Crippen LogP contribution >= 0.6 is 0 Å². The number of nitrogens with two attached hydrogens (primary N) is 1. The van der Waals surface area contributed by atoms with E-state index in [9.17, 15) is 18.8 Å². The first-order chi connectivity index (χ1) is 24.7. The number of benzene rings is 2. The largest absolute Gasteiger partial charge is 0.509 e. The maximum absolute atomic E-state index is 14.4. The van der Waals surface area contributed by atoms with Gasteiger partial charge < -0.3 is 33.8 Å². The van der Waals surface area contributed by atoms with Crippen molar-refractivity contribution in [2.45, 2.75) is 70.1 Å². The summed E-state index contributed by atoms with van der Waals surface area (Å²) >= 11 is 0. The molecule has 2 aromatic carbocycles. The molecule has 3 atom stereocenters. The molecule has 2 aromatic heterocycles. The predicted molar refractivity (Wildman–Crippen MR) is 188 cm³/mol. The number of hydrogen-bond acceptors (Lipinski definition) is 13. The van der Waals surface area contributed by atoms with Crippen molar-refractivity contribution >= 4 is 53.8 Å². The van der Waals surface area contributed by atoms with E-state index in [4.69, 9.17) is 40.3 Å². The van der Waals surface area contributed by atoms with Gasteiger partial charge in [-0.1, -0.05) is 87.4 Å². The molecule has 14 nitrogen and oxygen atoms in total. The fraction of sp³-hybridized carbons (Fsp3) is 0.389. The van der Waals surface area contributed by atoms with Gasteiger partial charge >= 0.3 is 24.2 Å². The Morgan fingerprint density at radius 1 is 1.04 bits per heavy atom. The number of hydrogen-bond donors (Lipinski definition) is 1. The molecular weight excluding hydrogens is 694 g/mol. The number of nitrogens with zero attached hydrogens (tertiary/aromatic N) is 4. The Bertz CT molecular complexity index is 1890. The Morgan fingerprint density at radius 3 is 2.13 bits per heavy atom. The maximum atomic E-state index is 14.4. The summed E-state index contributed by atoms with van der Waals surface area (Å²) < 4.78 is 50.8. The molecule has 1 saturated heterocycles. The second kappa shape index (κ2) is 15.5. The highest BCUT2D eigenvalue weighted by molar-refractivity contribution is 6.99. The van der Waals surface area contributed by atoms with Crippen LogP contribution in [0.1, 0.15) is 47.3 Å². The van der Waals surface area contributed by atoms with E-state index in [-0.39, 0.29) is 30.0 Å². The SMILES string of the molecule is C#C[C@]1(CO[Si](c2ccccc2)(c2ccccc2)C(C)(C)C)O[C@@H](n2cnc3c(N)nc(F)nc32)C[C@@H]1OC(=O)OC(COC(C)=O)COC(C)=O. The third kappa shape index (κ3) is 7.91. The van der Waals surface area contributed by atoms with Crippen molar-refractivity contribution in [2.75, 3.05) is 25.6 Å². The van der Waals surface area contributed by atoms with Gasteiger partial charge in [-0.25, -0.2) is 9.78 Å². The average molecular weight is 734 g/mol. The number of imidazole rings is 1. The van der Waals surface area contributed by atoms with Crippen LogP contribution in [0.5, 0.6) is 0 Å². The molecule has 0 saturated carbocycles. The van der Waals surface area contributed by atoms with Crippen molar-refractivity contribution in [1.82, 2.24) is 19.5 Å². The Hall–Kier alpha value is -5.37. The fourth-order valence-electron chi connectivity index (χ4n) is 6.26. The van der Waals surface area contributed by atoms with Crippen LogP contribution < -0.4 is 16.1 Å². The minimum absolute atomic E-state index is 0.0277. The summed E-state index contributed by atoms with van der Waals surface area (Å²) in [6.45, 7) is 7.55. The standard InChI is InChI=1S/C36H40FN5O9Si/c1-7-36(21-48-52(35(4,5)6,26-14-10-8-11-15-26)27-16-12-9-13-17-27)28(50-34(45)49-25(19-46-23(2)43)20-47-24(3)44)18-29(51-36)42-22-39-30-31(38)40-33(37)41-32(30)42/h1,8-17,22,25,28-29H,18-21H2,2-6H3,(H2,38,40,41)/t28-,29+,36+/m0/s1. The molecule has 0 radical (unpaired) electrons. The molecule has 274 valence electrons.